The fourth-order valence-corrected chi connectivity index (χ4v) is 2.55. The van der Waals surface area contributed by atoms with Crippen LogP contribution in [0.3, 0.4) is 0 Å². The predicted octanol–water partition coefficient (Wildman–Crippen LogP) is 2.84. The SMILES string of the molecule is Cc1nn(C)c(Cn2cccc2CNC(C)C)c1Br. The van der Waals surface area contributed by atoms with Crippen LogP contribution in [-0.4, -0.2) is 20.4 Å². The third kappa shape index (κ3) is 3.28. The standard InChI is InChI=1S/C14H21BrN4/c1-10(2)16-8-12-6-5-7-19(12)9-13-14(15)11(3)17-18(13)4/h5-7,10,16H,8-9H2,1-4H3. The molecule has 0 spiro atoms. The molecule has 2 aromatic heterocycles. The zero-order valence-corrected chi connectivity index (χ0v) is 13.5. The molecule has 0 radical (unpaired) electrons. The lowest BCUT2D eigenvalue weighted by molar-refractivity contribution is 0.558. The molecule has 0 bridgehead atoms. The summed E-state index contributed by atoms with van der Waals surface area (Å²) in [6.07, 6.45) is 2.12. The van der Waals surface area contributed by atoms with E-state index < -0.39 is 0 Å². The van der Waals surface area contributed by atoms with Gasteiger partial charge in [0.2, 0.25) is 0 Å². The summed E-state index contributed by atoms with van der Waals surface area (Å²) < 4.78 is 5.31. The van der Waals surface area contributed by atoms with E-state index in [1.54, 1.807) is 0 Å². The van der Waals surface area contributed by atoms with E-state index in [-0.39, 0.29) is 0 Å². The van der Waals surface area contributed by atoms with Crippen LogP contribution in [0.5, 0.6) is 0 Å². The quantitative estimate of drug-likeness (QED) is 0.917. The Labute approximate surface area is 122 Å². The Hall–Kier alpha value is -1.07. The Morgan fingerprint density at radius 3 is 2.74 bits per heavy atom. The number of hydrogen-bond acceptors (Lipinski definition) is 2. The van der Waals surface area contributed by atoms with E-state index in [0.717, 1.165) is 23.3 Å². The number of aromatic nitrogens is 3. The summed E-state index contributed by atoms with van der Waals surface area (Å²) in [5.41, 5.74) is 3.52. The van der Waals surface area contributed by atoms with Gasteiger partial charge >= 0.3 is 0 Å². The van der Waals surface area contributed by atoms with Gasteiger partial charge in [-0.1, -0.05) is 13.8 Å². The number of rotatable bonds is 5. The lowest BCUT2D eigenvalue weighted by Gasteiger charge is -2.12. The molecule has 0 unspecified atom stereocenters. The molecule has 0 aromatic carbocycles. The van der Waals surface area contributed by atoms with Gasteiger partial charge in [-0.3, -0.25) is 4.68 Å². The first-order valence-electron chi connectivity index (χ1n) is 6.54. The maximum Gasteiger partial charge on any atom is 0.0739 e. The zero-order chi connectivity index (χ0) is 14.0. The third-order valence-electron chi connectivity index (χ3n) is 3.20. The van der Waals surface area contributed by atoms with Crippen LogP contribution >= 0.6 is 15.9 Å². The van der Waals surface area contributed by atoms with E-state index in [4.69, 9.17) is 0 Å². The maximum absolute atomic E-state index is 4.44. The van der Waals surface area contributed by atoms with Crippen molar-refractivity contribution in [3.05, 3.63) is 39.9 Å². The molecule has 4 nitrogen and oxygen atoms in total. The van der Waals surface area contributed by atoms with Crippen molar-refractivity contribution in [3.63, 3.8) is 0 Å². The van der Waals surface area contributed by atoms with E-state index in [9.17, 15) is 0 Å². The van der Waals surface area contributed by atoms with Crippen LogP contribution in [0.15, 0.2) is 22.8 Å². The lowest BCUT2D eigenvalue weighted by atomic mass is 10.3. The Kier molecular flexibility index (Phi) is 4.47. The van der Waals surface area contributed by atoms with Crippen molar-refractivity contribution in [1.82, 2.24) is 19.7 Å². The van der Waals surface area contributed by atoms with Gasteiger partial charge in [0.25, 0.3) is 0 Å². The molecule has 0 aliphatic heterocycles. The fourth-order valence-electron chi connectivity index (χ4n) is 2.09. The second-order valence-corrected chi connectivity index (χ2v) is 5.93. The van der Waals surface area contributed by atoms with Crippen LogP contribution in [0.4, 0.5) is 0 Å². The topological polar surface area (TPSA) is 34.8 Å². The van der Waals surface area contributed by atoms with Gasteiger partial charge in [-0.25, -0.2) is 0 Å². The van der Waals surface area contributed by atoms with E-state index in [0.29, 0.717) is 6.04 Å². The average molecular weight is 325 g/mol. The molecule has 0 saturated carbocycles. The predicted molar refractivity (Wildman–Crippen MR) is 81.2 cm³/mol. The molecular formula is C14H21BrN4. The highest BCUT2D eigenvalue weighted by atomic mass is 79.9. The average Bonchev–Trinajstić information content (AvgIpc) is 2.87. The molecule has 104 valence electrons. The lowest BCUT2D eigenvalue weighted by Crippen LogP contribution is -2.23. The van der Waals surface area contributed by atoms with Crippen molar-refractivity contribution in [2.75, 3.05) is 0 Å². The Morgan fingerprint density at radius 1 is 1.42 bits per heavy atom. The Balaban J connectivity index is 2.17. The minimum atomic E-state index is 0.494. The number of nitrogens with one attached hydrogen (secondary N) is 1. The summed E-state index contributed by atoms with van der Waals surface area (Å²) in [5, 5.41) is 7.89. The number of aryl methyl sites for hydroxylation is 2. The normalized spacial score (nSPS) is 11.5. The largest absolute Gasteiger partial charge is 0.344 e. The van der Waals surface area contributed by atoms with Crippen LogP contribution in [0.1, 0.15) is 30.9 Å². The van der Waals surface area contributed by atoms with Crippen LogP contribution < -0.4 is 5.32 Å². The molecule has 0 aliphatic rings. The molecule has 5 heteroatoms. The van der Waals surface area contributed by atoms with Gasteiger partial charge in [0.05, 0.1) is 22.4 Å². The van der Waals surface area contributed by atoms with Gasteiger partial charge in [-0.2, -0.15) is 5.10 Å². The molecule has 0 atom stereocenters. The highest BCUT2D eigenvalue weighted by Crippen LogP contribution is 2.21. The van der Waals surface area contributed by atoms with Gasteiger partial charge in [-0.05, 0) is 35.0 Å². The Morgan fingerprint density at radius 2 is 2.16 bits per heavy atom. The minimum absolute atomic E-state index is 0.494. The summed E-state index contributed by atoms with van der Waals surface area (Å²) in [7, 11) is 1.99. The monoisotopic (exact) mass is 324 g/mol. The number of hydrogen-bond donors (Lipinski definition) is 1. The summed E-state index contributed by atoms with van der Waals surface area (Å²) in [6.45, 7) is 8.06. The van der Waals surface area contributed by atoms with Gasteiger partial charge in [0.15, 0.2) is 0 Å². The number of halogens is 1. The van der Waals surface area contributed by atoms with Crippen molar-refractivity contribution in [3.8, 4) is 0 Å². The van der Waals surface area contributed by atoms with Gasteiger partial charge < -0.3 is 9.88 Å². The highest BCUT2D eigenvalue weighted by molar-refractivity contribution is 9.10. The molecule has 0 amide bonds. The van der Waals surface area contributed by atoms with Crippen LogP contribution in [0.2, 0.25) is 0 Å². The third-order valence-corrected chi connectivity index (χ3v) is 4.23. The van der Waals surface area contributed by atoms with E-state index >= 15 is 0 Å². The molecule has 2 aromatic rings. The maximum atomic E-state index is 4.44. The second kappa shape index (κ2) is 5.92. The molecule has 0 fully saturated rings. The second-order valence-electron chi connectivity index (χ2n) is 5.13. The minimum Gasteiger partial charge on any atom is -0.344 e. The smallest absolute Gasteiger partial charge is 0.0739 e. The fraction of sp³-hybridized carbons (Fsp3) is 0.500. The van der Waals surface area contributed by atoms with Crippen LogP contribution in [-0.2, 0) is 20.1 Å². The van der Waals surface area contributed by atoms with Crippen molar-refractivity contribution < 1.29 is 0 Å². The van der Waals surface area contributed by atoms with Crippen molar-refractivity contribution >= 4 is 15.9 Å². The summed E-state index contributed by atoms with van der Waals surface area (Å²) in [4.78, 5) is 0. The van der Waals surface area contributed by atoms with Crippen LogP contribution in [0.25, 0.3) is 0 Å². The highest BCUT2D eigenvalue weighted by Gasteiger charge is 2.12. The van der Waals surface area contributed by atoms with Gasteiger partial charge in [-0.15, -0.1) is 0 Å². The zero-order valence-electron chi connectivity index (χ0n) is 11.9. The van der Waals surface area contributed by atoms with Gasteiger partial charge in [0.1, 0.15) is 0 Å². The molecule has 2 rings (SSSR count). The van der Waals surface area contributed by atoms with E-state index in [1.165, 1.54) is 11.4 Å². The Bertz CT molecular complexity index is 554. The molecule has 2 heterocycles. The van der Waals surface area contributed by atoms with Crippen molar-refractivity contribution in [2.24, 2.45) is 7.05 Å². The molecule has 1 N–H and O–H groups in total. The summed E-state index contributed by atoms with van der Waals surface area (Å²) in [6, 6.07) is 4.75. The summed E-state index contributed by atoms with van der Waals surface area (Å²) >= 11 is 3.62. The molecule has 0 aliphatic carbocycles. The summed E-state index contributed by atoms with van der Waals surface area (Å²) in [5.74, 6) is 0. The first kappa shape index (κ1) is 14.3. The van der Waals surface area contributed by atoms with Crippen LogP contribution in [0, 0.1) is 6.92 Å². The molecule has 0 saturated heterocycles. The number of nitrogens with zero attached hydrogens (tertiary/aromatic N) is 3. The molecular weight excluding hydrogens is 304 g/mol. The van der Waals surface area contributed by atoms with Gasteiger partial charge in [0, 0.05) is 31.5 Å². The van der Waals surface area contributed by atoms with E-state index in [2.05, 4.69) is 63.1 Å². The van der Waals surface area contributed by atoms with E-state index in [1.807, 2.05) is 18.7 Å². The first-order chi connectivity index (χ1) is 8.99. The molecule has 19 heavy (non-hydrogen) atoms. The van der Waals surface area contributed by atoms with Crippen molar-refractivity contribution in [1.29, 1.82) is 0 Å². The first-order valence-corrected chi connectivity index (χ1v) is 7.33. The van der Waals surface area contributed by atoms with Crippen molar-refractivity contribution in [2.45, 2.75) is 39.9 Å².